The molecule has 2 heterocycles. The molecule has 0 saturated carbocycles. The molecule has 0 spiro atoms. The quantitative estimate of drug-likeness (QED) is 0.428. The molecule has 4 rings (SSSR count). The Bertz CT molecular complexity index is 1080. The highest BCUT2D eigenvalue weighted by Crippen LogP contribution is 2.31. The van der Waals surface area contributed by atoms with Gasteiger partial charge in [0.25, 0.3) is 0 Å². The number of hydrogen-bond acceptors (Lipinski definition) is 7. The van der Waals surface area contributed by atoms with Crippen LogP contribution in [0.3, 0.4) is 0 Å². The number of nitrogens with zero attached hydrogens (tertiary/aromatic N) is 2. The second kappa shape index (κ2) is 11.5. The number of piperazine rings is 1. The van der Waals surface area contributed by atoms with Crippen LogP contribution in [0, 0.1) is 0 Å². The number of amides is 2. The number of ether oxygens (including phenoxy) is 2. The van der Waals surface area contributed by atoms with Crippen LogP contribution in [0.2, 0.25) is 0 Å². The summed E-state index contributed by atoms with van der Waals surface area (Å²) in [5.74, 6) is 0.441. The minimum Gasteiger partial charge on any atom is -0.495 e. The van der Waals surface area contributed by atoms with Crippen molar-refractivity contribution in [3.8, 4) is 5.75 Å². The van der Waals surface area contributed by atoms with E-state index in [2.05, 4.69) is 26.5 Å². The Balaban J connectivity index is 1.55. The van der Waals surface area contributed by atoms with E-state index in [0.29, 0.717) is 17.8 Å². The standard InChI is InChI=1S/C26H32N4O4S/c1-4-34-25(31)23-20(27-26(32)28-24(23)18-9-11-19(35-3)12-10-18)17-29-13-15-30(16-14-29)21-7-5-6-8-22(21)33-2/h5-12,24H,4,13-17H2,1-3H3,(H2,27,28,32). The average molecular weight is 497 g/mol. The number of carbonyl (C=O) groups excluding carboxylic acids is 2. The van der Waals surface area contributed by atoms with Gasteiger partial charge in [0.15, 0.2) is 0 Å². The molecule has 0 radical (unpaired) electrons. The summed E-state index contributed by atoms with van der Waals surface area (Å²) in [5, 5.41) is 5.80. The first-order valence-corrected chi connectivity index (χ1v) is 13.0. The molecule has 2 N–H and O–H groups in total. The summed E-state index contributed by atoms with van der Waals surface area (Å²) in [7, 11) is 1.68. The third kappa shape index (κ3) is 5.74. The second-order valence-electron chi connectivity index (χ2n) is 8.35. The molecular weight excluding hydrogens is 464 g/mol. The van der Waals surface area contributed by atoms with Crippen molar-refractivity contribution in [2.75, 3.05) is 57.6 Å². The Labute approximate surface area is 210 Å². The van der Waals surface area contributed by atoms with Crippen LogP contribution in [-0.4, -0.2) is 69.6 Å². The Morgan fingerprint density at radius 2 is 1.80 bits per heavy atom. The largest absolute Gasteiger partial charge is 0.495 e. The minimum atomic E-state index is -0.566. The highest BCUT2D eigenvalue weighted by molar-refractivity contribution is 7.98. The summed E-state index contributed by atoms with van der Waals surface area (Å²) in [6.45, 7) is 5.71. The number of urea groups is 1. The van der Waals surface area contributed by atoms with Crippen LogP contribution in [0.4, 0.5) is 10.5 Å². The lowest BCUT2D eigenvalue weighted by molar-refractivity contribution is -0.139. The molecule has 2 aromatic carbocycles. The fourth-order valence-corrected chi connectivity index (χ4v) is 4.91. The number of hydrogen-bond donors (Lipinski definition) is 2. The Morgan fingerprint density at radius 1 is 1.09 bits per heavy atom. The maximum atomic E-state index is 13.1. The SMILES string of the molecule is CCOC(=O)C1=C(CN2CCN(c3ccccc3OC)CC2)NC(=O)NC1c1ccc(SC)cc1. The molecule has 8 nitrogen and oxygen atoms in total. The molecule has 1 unspecified atom stereocenters. The van der Waals surface area contributed by atoms with Gasteiger partial charge < -0.3 is 25.0 Å². The Hall–Kier alpha value is -3.17. The van der Waals surface area contributed by atoms with Crippen molar-refractivity contribution < 1.29 is 19.1 Å². The fraction of sp³-hybridized carbons (Fsp3) is 0.385. The van der Waals surface area contributed by atoms with E-state index in [1.807, 2.05) is 48.7 Å². The molecule has 35 heavy (non-hydrogen) atoms. The maximum absolute atomic E-state index is 13.1. The topological polar surface area (TPSA) is 83.1 Å². The molecule has 9 heteroatoms. The zero-order chi connectivity index (χ0) is 24.8. The number of anilines is 1. The van der Waals surface area contributed by atoms with Crippen LogP contribution >= 0.6 is 11.8 Å². The third-order valence-electron chi connectivity index (χ3n) is 6.28. The number of para-hydroxylation sites is 2. The summed E-state index contributed by atoms with van der Waals surface area (Å²) < 4.78 is 10.9. The maximum Gasteiger partial charge on any atom is 0.338 e. The zero-order valence-corrected chi connectivity index (χ0v) is 21.2. The van der Waals surface area contributed by atoms with Crippen LogP contribution in [0.5, 0.6) is 5.75 Å². The van der Waals surface area contributed by atoms with Crippen molar-refractivity contribution in [2.45, 2.75) is 17.9 Å². The molecule has 1 atom stereocenters. The predicted molar refractivity (Wildman–Crippen MR) is 138 cm³/mol. The van der Waals surface area contributed by atoms with Crippen molar-refractivity contribution in [2.24, 2.45) is 0 Å². The van der Waals surface area contributed by atoms with E-state index in [9.17, 15) is 9.59 Å². The van der Waals surface area contributed by atoms with Gasteiger partial charge in [0.05, 0.1) is 31.0 Å². The van der Waals surface area contributed by atoms with E-state index in [1.54, 1.807) is 25.8 Å². The van der Waals surface area contributed by atoms with Crippen molar-refractivity contribution in [3.05, 3.63) is 65.4 Å². The molecule has 0 bridgehead atoms. The summed E-state index contributed by atoms with van der Waals surface area (Å²) >= 11 is 1.64. The Morgan fingerprint density at radius 3 is 2.46 bits per heavy atom. The second-order valence-corrected chi connectivity index (χ2v) is 9.23. The normalized spacial score (nSPS) is 18.7. The van der Waals surface area contributed by atoms with Gasteiger partial charge in [0, 0.05) is 43.3 Å². The molecule has 2 amide bonds. The van der Waals surface area contributed by atoms with Crippen molar-refractivity contribution >= 4 is 29.4 Å². The molecule has 186 valence electrons. The fourth-order valence-electron chi connectivity index (χ4n) is 4.50. The highest BCUT2D eigenvalue weighted by Gasteiger charge is 2.34. The van der Waals surface area contributed by atoms with Gasteiger partial charge in [-0.25, -0.2) is 9.59 Å². The van der Waals surface area contributed by atoms with Gasteiger partial charge in [-0.3, -0.25) is 4.90 Å². The van der Waals surface area contributed by atoms with Gasteiger partial charge in [-0.05, 0) is 43.0 Å². The number of rotatable bonds is 8. The van der Waals surface area contributed by atoms with Gasteiger partial charge in [-0.15, -0.1) is 11.8 Å². The molecule has 2 aliphatic rings. The number of methoxy groups -OCH3 is 1. The number of esters is 1. The number of thioether (sulfide) groups is 1. The van der Waals surface area contributed by atoms with Gasteiger partial charge in [0.2, 0.25) is 0 Å². The molecule has 1 saturated heterocycles. The average Bonchev–Trinajstić information content (AvgIpc) is 2.89. The molecular formula is C26H32N4O4S. The molecule has 1 fully saturated rings. The molecule has 2 aliphatic heterocycles. The van der Waals surface area contributed by atoms with Gasteiger partial charge >= 0.3 is 12.0 Å². The predicted octanol–water partition coefficient (Wildman–Crippen LogP) is 3.41. The first-order valence-electron chi connectivity index (χ1n) is 11.8. The lowest BCUT2D eigenvalue weighted by Gasteiger charge is -2.38. The van der Waals surface area contributed by atoms with Crippen LogP contribution in [-0.2, 0) is 9.53 Å². The van der Waals surface area contributed by atoms with E-state index in [1.165, 1.54) is 0 Å². The van der Waals surface area contributed by atoms with E-state index in [4.69, 9.17) is 9.47 Å². The van der Waals surface area contributed by atoms with E-state index in [0.717, 1.165) is 48.1 Å². The zero-order valence-electron chi connectivity index (χ0n) is 20.4. The summed E-state index contributed by atoms with van der Waals surface area (Å²) in [5.41, 5.74) is 2.97. The Kier molecular flexibility index (Phi) is 8.20. The third-order valence-corrected chi connectivity index (χ3v) is 7.02. The lowest BCUT2D eigenvalue weighted by Crippen LogP contribution is -2.51. The van der Waals surface area contributed by atoms with Crippen LogP contribution < -0.4 is 20.3 Å². The summed E-state index contributed by atoms with van der Waals surface area (Å²) in [6, 6.07) is 15.0. The first kappa shape index (κ1) is 24.9. The van der Waals surface area contributed by atoms with Gasteiger partial charge in [0.1, 0.15) is 5.75 Å². The van der Waals surface area contributed by atoms with Crippen LogP contribution in [0.1, 0.15) is 18.5 Å². The van der Waals surface area contributed by atoms with E-state index < -0.39 is 12.0 Å². The smallest absolute Gasteiger partial charge is 0.338 e. The molecule has 2 aromatic rings. The number of carbonyl (C=O) groups is 2. The molecule has 0 aromatic heterocycles. The van der Waals surface area contributed by atoms with Crippen molar-refractivity contribution in [1.82, 2.24) is 15.5 Å². The van der Waals surface area contributed by atoms with Gasteiger partial charge in [-0.1, -0.05) is 24.3 Å². The van der Waals surface area contributed by atoms with Crippen molar-refractivity contribution in [3.63, 3.8) is 0 Å². The number of benzene rings is 2. The van der Waals surface area contributed by atoms with E-state index in [-0.39, 0.29) is 12.6 Å². The van der Waals surface area contributed by atoms with Gasteiger partial charge in [-0.2, -0.15) is 0 Å². The summed E-state index contributed by atoms with van der Waals surface area (Å²) in [6.07, 6.45) is 2.01. The summed E-state index contributed by atoms with van der Waals surface area (Å²) in [4.78, 5) is 31.3. The monoisotopic (exact) mass is 496 g/mol. The first-order chi connectivity index (χ1) is 17.0. The number of nitrogens with one attached hydrogen (secondary N) is 2. The molecule has 0 aliphatic carbocycles. The van der Waals surface area contributed by atoms with Crippen molar-refractivity contribution in [1.29, 1.82) is 0 Å². The lowest BCUT2D eigenvalue weighted by atomic mass is 9.95. The minimum absolute atomic E-state index is 0.263. The van der Waals surface area contributed by atoms with Crippen LogP contribution in [0.25, 0.3) is 0 Å². The highest BCUT2D eigenvalue weighted by atomic mass is 32.2. The van der Waals surface area contributed by atoms with Crippen LogP contribution in [0.15, 0.2) is 64.7 Å². The van der Waals surface area contributed by atoms with E-state index >= 15 is 0 Å².